The largest absolute Gasteiger partial charge is 0.496 e. The minimum atomic E-state index is -1.23. The topological polar surface area (TPSA) is 56.1 Å². The van der Waals surface area contributed by atoms with E-state index in [4.69, 9.17) is 4.74 Å². The molecule has 23 heavy (non-hydrogen) atoms. The zero-order chi connectivity index (χ0) is 17.0. The van der Waals surface area contributed by atoms with Crippen molar-refractivity contribution in [2.45, 2.75) is 25.8 Å². The van der Waals surface area contributed by atoms with E-state index in [0.717, 1.165) is 12.5 Å². The molecule has 1 unspecified atom stereocenters. The highest BCUT2D eigenvalue weighted by Gasteiger charge is 2.25. The van der Waals surface area contributed by atoms with Crippen LogP contribution in [0.25, 0.3) is 0 Å². The number of nitrogens with zero attached hydrogens (tertiary/aromatic N) is 2. The number of imidazole rings is 1. The maximum atomic E-state index is 14.0. The van der Waals surface area contributed by atoms with Crippen LogP contribution in [0.5, 0.6) is 5.75 Å². The second-order valence-corrected chi connectivity index (χ2v) is 5.15. The Labute approximate surface area is 133 Å². The first kappa shape index (κ1) is 16.9. The van der Waals surface area contributed by atoms with Crippen molar-refractivity contribution >= 4 is 5.91 Å². The summed E-state index contributed by atoms with van der Waals surface area (Å²) in [6, 6.07) is 1.75. The van der Waals surface area contributed by atoms with Crippen LogP contribution in [0.4, 0.5) is 8.78 Å². The van der Waals surface area contributed by atoms with Gasteiger partial charge < -0.3 is 14.6 Å². The monoisotopic (exact) mass is 323 g/mol. The van der Waals surface area contributed by atoms with E-state index >= 15 is 0 Å². The summed E-state index contributed by atoms with van der Waals surface area (Å²) in [5, 5.41) is 2.71. The fraction of sp³-hybridized carbons (Fsp3) is 0.375. The van der Waals surface area contributed by atoms with Crippen LogP contribution >= 0.6 is 0 Å². The second kappa shape index (κ2) is 7.21. The van der Waals surface area contributed by atoms with E-state index in [1.165, 1.54) is 13.2 Å². The summed E-state index contributed by atoms with van der Waals surface area (Å²) in [7, 11) is 3.10. The third-order valence-electron chi connectivity index (χ3n) is 3.56. The zero-order valence-corrected chi connectivity index (χ0v) is 13.3. The standard InChI is InChI=1S/C16H19F2N3O2/c1-4-5-11(15-19-8-9-21(15)2)20-16(22)13-12(23-3)7-6-10(17)14(13)18/h6-9,11H,4-5H2,1-3H3,(H,20,22). The Bertz CT molecular complexity index is 701. The van der Waals surface area contributed by atoms with Gasteiger partial charge in [-0.3, -0.25) is 4.79 Å². The molecule has 0 aliphatic rings. The van der Waals surface area contributed by atoms with Gasteiger partial charge in [-0.15, -0.1) is 0 Å². The van der Waals surface area contributed by atoms with Gasteiger partial charge in [-0.2, -0.15) is 0 Å². The smallest absolute Gasteiger partial charge is 0.258 e. The summed E-state index contributed by atoms with van der Waals surface area (Å²) in [6.45, 7) is 1.96. The molecule has 7 heteroatoms. The number of methoxy groups -OCH3 is 1. The lowest BCUT2D eigenvalue weighted by Crippen LogP contribution is -2.31. The Kier molecular flexibility index (Phi) is 5.31. The van der Waals surface area contributed by atoms with Gasteiger partial charge in [-0.25, -0.2) is 13.8 Å². The normalized spacial score (nSPS) is 12.0. The molecule has 0 saturated heterocycles. The number of nitrogens with one attached hydrogen (secondary N) is 1. The number of carbonyl (C=O) groups excluding carboxylic acids is 1. The number of carbonyl (C=O) groups is 1. The van der Waals surface area contributed by atoms with E-state index in [0.29, 0.717) is 12.2 Å². The van der Waals surface area contributed by atoms with E-state index in [-0.39, 0.29) is 5.75 Å². The van der Waals surface area contributed by atoms with Crippen molar-refractivity contribution in [3.8, 4) is 5.75 Å². The van der Waals surface area contributed by atoms with Crippen LogP contribution < -0.4 is 10.1 Å². The summed E-state index contributed by atoms with van der Waals surface area (Å²) < 4.78 is 34.2. The van der Waals surface area contributed by atoms with Gasteiger partial charge in [0.15, 0.2) is 11.6 Å². The Balaban J connectivity index is 2.33. The average molecular weight is 323 g/mol. The molecular formula is C16H19F2N3O2. The maximum Gasteiger partial charge on any atom is 0.258 e. The second-order valence-electron chi connectivity index (χ2n) is 5.15. The number of benzene rings is 1. The predicted octanol–water partition coefficient (Wildman–Crippen LogP) is 2.98. The minimum absolute atomic E-state index is 0.0171. The van der Waals surface area contributed by atoms with Crippen molar-refractivity contribution in [2.24, 2.45) is 7.05 Å². The molecule has 0 radical (unpaired) electrons. The molecular weight excluding hydrogens is 304 g/mol. The lowest BCUT2D eigenvalue weighted by Gasteiger charge is -2.19. The average Bonchev–Trinajstić information content (AvgIpc) is 2.95. The van der Waals surface area contributed by atoms with Crippen LogP contribution in [0, 0.1) is 11.6 Å². The first-order chi connectivity index (χ1) is 11.0. The number of aryl methyl sites for hydroxylation is 1. The quantitative estimate of drug-likeness (QED) is 0.889. The van der Waals surface area contributed by atoms with E-state index < -0.39 is 29.1 Å². The Morgan fingerprint density at radius 1 is 1.43 bits per heavy atom. The first-order valence-corrected chi connectivity index (χ1v) is 7.29. The van der Waals surface area contributed by atoms with Gasteiger partial charge >= 0.3 is 0 Å². The van der Waals surface area contributed by atoms with Gasteiger partial charge in [0.25, 0.3) is 5.91 Å². The number of rotatable bonds is 6. The predicted molar refractivity (Wildman–Crippen MR) is 81.2 cm³/mol. The van der Waals surface area contributed by atoms with Gasteiger partial charge in [0.1, 0.15) is 17.1 Å². The molecule has 124 valence electrons. The molecule has 2 rings (SSSR count). The number of aromatic nitrogens is 2. The minimum Gasteiger partial charge on any atom is -0.496 e. The van der Waals surface area contributed by atoms with Crippen molar-refractivity contribution in [3.05, 3.63) is 47.5 Å². The van der Waals surface area contributed by atoms with E-state index in [2.05, 4.69) is 10.3 Å². The van der Waals surface area contributed by atoms with Crippen LogP contribution in [-0.4, -0.2) is 22.6 Å². The molecule has 2 aromatic rings. The van der Waals surface area contributed by atoms with Crippen molar-refractivity contribution in [1.29, 1.82) is 0 Å². The highest BCUT2D eigenvalue weighted by molar-refractivity contribution is 5.97. The highest BCUT2D eigenvalue weighted by atomic mass is 19.2. The molecule has 0 aliphatic heterocycles. The van der Waals surface area contributed by atoms with Gasteiger partial charge in [0.05, 0.1) is 13.2 Å². The molecule has 1 aromatic heterocycles. The van der Waals surface area contributed by atoms with Crippen LogP contribution in [0.1, 0.15) is 42.0 Å². The van der Waals surface area contributed by atoms with Crippen molar-refractivity contribution in [2.75, 3.05) is 7.11 Å². The third kappa shape index (κ3) is 3.49. The number of halogens is 2. The molecule has 0 fully saturated rings. The van der Waals surface area contributed by atoms with Crippen molar-refractivity contribution in [1.82, 2.24) is 14.9 Å². The summed E-state index contributed by atoms with van der Waals surface area (Å²) in [5.74, 6) is -2.43. The van der Waals surface area contributed by atoms with E-state index in [9.17, 15) is 13.6 Å². The van der Waals surface area contributed by atoms with Gasteiger partial charge in [-0.1, -0.05) is 13.3 Å². The maximum absolute atomic E-state index is 14.0. The molecule has 0 aliphatic carbocycles. The van der Waals surface area contributed by atoms with Crippen LogP contribution in [-0.2, 0) is 7.05 Å². The molecule has 5 nitrogen and oxygen atoms in total. The lowest BCUT2D eigenvalue weighted by molar-refractivity contribution is 0.0923. The number of hydrogen-bond donors (Lipinski definition) is 1. The molecule has 1 amide bonds. The molecule has 0 spiro atoms. The Morgan fingerprint density at radius 2 is 2.17 bits per heavy atom. The molecule has 1 N–H and O–H groups in total. The summed E-state index contributed by atoms with van der Waals surface area (Å²) in [4.78, 5) is 16.7. The molecule has 0 saturated carbocycles. The van der Waals surface area contributed by atoms with Gasteiger partial charge in [0, 0.05) is 19.4 Å². The summed E-state index contributed by atoms with van der Waals surface area (Å²) in [6.07, 6.45) is 4.79. The van der Waals surface area contributed by atoms with Crippen molar-refractivity contribution < 1.29 is 18.3 Å². The molecule has 1 atom stereocenters. The van der Waals surface area contributed by atoms with E-state index in [1.54, 1.807) is 24.0 Å². The molecule has 1 heterocycles. The van der Waals surface area contributed by atoms with Crippen LogP contribution in [0.3, 0.4) is 0 Å². The van der Waals surface area contributed by atoms with Gasteiger partial charge in [-0.05, 0) is 18.6 Å². The van der Waals surface area contributed by atoms with E-state index in [1.807, 2.05) is 6.92 Å². The zero-order valence-electron chi connectivity index (χ0n) is 13.3. The highest BCUT2D eigenvalue weighted by Crippen LogP contribution is 2.25. The van der Waals surface area contributed by atoms with Crippen LogP contribution in [0.2, 0.25) is 0 Å². The third-order valence-corrected chi connectivity index (χ3v) is 3.56. The first-order valence-electron chi connectivity index (χ1n) is 7.29. The van der Waals surface area contributed by atoms with Crippen LogP contribution in [0.15, 0.2) is 24.5 Å². The fourth-order valence-corrected chi connectivity index (χ4v) is 2.41. The fourth-order valence-electron chi connectivity index (χ4n) is 2.41. The van der Waals surface area contributed by atoms with Gasteiger partial charge in [0.2, 0.25) is 0 Å². The lowest BCUT2D eigenvalue weighted by atomic mass is 10.1. The molecule has 1 aromatic carbocycles. The number of hydrogen-bond acceptors (Lipinski definition) is 3. The Hall–Kier alpha value is -2.44. The Morgan fingerprint density at radius 3 is 2.74 bits per heavy atom. The SMILES string of the molecule is CCCC(NC(=O)c1c(OC)ccc(F)c1F)c1nccn1C. The summed E-state index contributed by atoms with van der Waals surface area (Å²) >= 11 is 0. The molecule has 0 bridgehead atoms. The summed E-state index contributed by atoms with van der Waals surface area (Å²) in [5.41, 5.74) is -0.442. The number of ether oxygens (including phenoxy) is 1. The van der Waals surface area contributed by atoms with Crippen molar-refractivity contribution in [3.63, 3.8) is 0 Å². The number of amides is 1.